The molecule has 3 nitrogen and oxygen atoms in total. The van der Waals surface area contributed by atoms with Crippen molar-refractivity contribution < 1.29 is 9.18 Å². The first kappa shape index (κ1) is 9.67. The number of amides is 1. The Morgan fingerprint density at radius 2 is 2.31 bits per heavy atom. The van der Waals surface area contributed by atoms with Crippen LogP contribution in [0.1, 0.15) is 5.56 Å². The van der Waals surface area contributed by atoms with Crippen LogP contribution < -0.4 is 11.1 Å². The molecule has 70 valence electrons. The Bertz CT molecular complexity index is 325. The first-order chi connectivity index (χ1) is 6.13. The third-order valence-electron chi connectivity index (χ3n) is 1.64. The maximum atomic E-state index is 13.0. The van der Waals surface area contributed by atoms with Gasteiger partial charge in [0.2, 0.25) is 5.91 Å². The van der Waals surface area contributed by atoms with E-state index in [1.165, 1.54) is 6.07 Å². The number of carbonyl (C=O) groups is 1. The Kier molecular flexibility index (Phi) is 2.97. The molecule has 0 aliphatic heterocycles. The number of anilines is 1. The summed E-state index contributed by atoms with van der Waals surface area (Å²) in [7, 11) is 0. The standard InChI is InChI=1S/C9H11FN2O/c1-6-2-3-7(4-8(6)10)12-9(13)5-11/h2-4H,5,11H2,1H3,(H,12,13). The van der Waals surface area contributed by atoms with Crippen LogP contribution >= 0.6 is 0 Å². The van der Waals surface area contributed by atoms with Crippen LogP contribution in [0.25, 0.3) is 0 Å². The molecule has 1 aromatic rings. The van der Waals surface area contributed by atoms with E-state index in [0.29, 0.717) is 11.3 Å². The van der Waals surface area contributed by atoms with Crippen LogP contribution in [0.4, 0.5) is 10.1 Å². The Balaban J connectivity index is 2.79. The third-order valence-corrected chi connectivity index (χ3v) is 1.64. The van der Waals surface area contributed by atoms with Crippen molar-refractivity contribution in [3.05, 3.63) is 29.6 Å². The number of aryl methyl sites for hydroxylation is 1. The van der Waals surface area contributed by atoms with Gasteiger partial charge in [-0.2, -0.15) is 0 Å². The van der Waals surface area contributed by atoms with Crippen molar-refractivity contribution >= 4 is 11.6 Å². The lowest BCUT2D eigenvalue weighted by molar-refractivity contribution is -0.114. The van der Waals surface area contributed by atoms with E-state index < -0.39 is 0 Å². The van der Waals surface area contributed by atoms with Gasteiger partial charge in [0.05, 0.1) is 6.54 Å². The van der Waals surface area contributed by atoms with Crippen molar-refractivity contribution in [3.63, 3.8) is 0 Å². The molecule has 0 aliphatic carbocycles. The lowest BCUT2D eigenvalue weighted by atomic mass is 10.2. The number of hydrogen-bond donors (Lipinski definition) is 2. The second kappa shape index (κ2) is 4.00. The van der Waals surface area contributed by atoms with Crippen molar-refractivity contribution in [2.75, 3.05) is 11.9 Å². The van der Waals surface area contributed by atoms with Gasteiger partial charge in [0.15, 0.2) is 0 Å². The molecule has 0 aliphatic rings. The summed E-state index contributed by atoms with van der Waals surface area (Å²) in [5.74, 6) is -0.668. The zero-order valence-corrected chi connectivity index (χ0v) is 7.30. The summed E-state index contributed by atoms with van der Waals surface area (Å²) in [4.78, 5) is 10.8. The van der Waals surface area contributed by atoms with Gasteiger partial charge in [0.1, 0.15) is 5.82 Å². The fraction of sp³-hybridized carbons (Fsp3) is 0.222. The molecular weight excluding hydrogens is 171 g/mol. The molecule has 1 rings (SSSR count). The number of benzene rings is 1. The lowest BCUT2D eigenvalue weighted by Crippen LogP contribution is -2.21. The summed E-state index contributed by atoms with van der Waals surface area (Å²) in [6.07, 6.45) is 0. The van der Waals surface area contributed by atoms with Crippen molar-refractivity contribution in [1.29, 1.82) is 0 Å². The van der Waals surface area contributed by atoms with Crippen molar-refractivity contribution in [1.82, 2.24) is 0 Å². The summed E-state index contributed by atoms with van der Waals surface area (Å²) in [5, 5.41) is 2.46. The molecule has 1 aromatic carbocycles. The van der Waals surface area contributed by atoms with Gasteiger partial charge < -0.3 is 11.1 Å². The number of rotatable bonds is 2. The first-order valence-electron chi connectivity index (χ1n) is 3.89. The minimum absolute atomic E-state index is 0.102. The largest absolute Gasteiger partial charge is 0.325 e. The summed E-state index contributed by atoms with van der Waals surface area (Å²) >= 11 is 0. The predicted octanol–water partition coefficient (Wildman–Crippen LogP) is 1.03. The predicted molar refractivity (Wildman–Crippen MR) is 48.8 cm³/mol. The zero-order chi connectivity index (χ0) is 9.84. The molecule has 0 bridgehead atoms. The van der Waals surface area contributed by atoms with E-state index in [9.17, 15) is 9.18 Å². The molecule has 4 heteroatoms. The lowest BCUT2D eigenvalue weighted by Gasteiger charge is -2.04. The molecular formula is C9H11FN2O. The maximum Gasteiger partial charge on any atom is 0.238 e. The molecule has 13 heavy (non-hydrogen) atoms. The van der Waals surface area contributed by atoms with Crippen LogP contribution in [-0.2, 0) is 4.79 Å². The first-order valence-corrected chi connectivity index (χ1v) is 3.89. The fourth-order valence-electron chi connectivity index (χ4n) is 0.883. The van der Waals surface area contributed by atoms with Crippen LogP contribution in [0.2, 0.25) is 0 Å². The Labute approximate surface area is 75.7 Å². The normalized spacial score (nSPS) is 9.77. The highest BCUT2D eigenvalue weighted by molar-refractivity contribution is 5.92. The minimum atomic E-state index is -0.338. The number of halogens is 1. The molecule has 3 N–H and O–H groups in total. The van der Waals surface area contributed by atoms with Gasteiger partial charge in [-0.3, -0.25) is 4.79 Å². The number of nitrogens with two attached hydrogens (primary N) is 1. The van der Waals surface area contributed by atoms with Crippen molar-refractivity contribution in [2.24, 2.45) is 5.73 Å². The fourth-order valence-corrected chi connectivity index (χ4v) is 0.883. The van der Waals surface area contributed by atoms with Crippen molar-refractivity contribution in [2.45, 2.75) is 6.92 Å². The second-order valence-electron chi connectivity index (χ2n) is 2.72. The molecule has 0 fully saturated rings. The van der Waals surface area contributed by atoms with Crippen LogP contribution in [0, 0.1) is 12.7 Å². The Morgan fingerprint density at radius 1 is 1.62 bits per heavy atom. The van der Waals surface area contributed by atoms with Gasteiger partial charge >= 0.3 is 0 Å². The second-order valence-corrected chi connectivity index (χ2v) is 2.72. The van der Waals surface area contributed by atoms with E-state index in [0.717, 1.165) is 0 Å². The van der Waals surface area contributed by atoms with Gasteiger partial charge in [-0.1, -0.05) is 6.07 Å². The maximum absolute atomic E-state index is 13.0. The molecule has 0 aromatic heterocycles. The van der Waals surface area contributed by atoms with Crippen LogP contribution in [0.5, 0.6) is 0 Å². The molecule has 0 saturated heterocycles. The molecule has 1 amide bonds. The summed E-state index contributed by atoms with van der Waals surface area (Å²) in [5.41, 5.74) is 6.06. The quantitative estimate of drug-likeness (QED) is 0.717. The molecule has 0 heterocycles. The van der Waals surface area contributed by atoms with Gasteiger partial charge in [-0.05, 0) is 24.6 Å². The van der Waals surface area contributed by atoms with Gasteiger partial charge in [0, 0.05) is 5.69 Å². The third kappa shape index (κ3) is 2.52. The summed E-state index contributed by atoms with van der Waals surface area (Å²) in [6.45, 7) is 1.55. The SMILES string of the molecule is Cc1ccc(NC(=O)CN)cc1F. The molecule has 0 spiro atoms. The number of nitrogens with one attached hydrogen (secondary N) is 1. The van der Waals surface area contributed by atoms with E-state index in [2.05, 4.69) is 5.32 Å². The van der Waals surface area contributed by atoms with E-state index in [1.807, 2.05) is 0 Å². The summed E-state index contributed by atoms with van der Waals surface area (Å²) in [6, 6.07) is 4.50. The van der Waals surface area contributed by atoms with E-state index in [1.54, 1.807) is 19.1 Å². The molecule has 0 atom stereocenters. The number of carbonyl (C=O) groups excluding carboxylic acids is 1. The van der Waals surface area contributed by atoms with Crippen LogP contribution in [0.3, 0.4) is 0 Å². The van der Waals surface area contributed by atoms with Crippen molar-refractivity contribution in [3.8, 4) is 0 Å². The van der Waals surface area contributed by atoms with Gasteiger partial charge in [0.25, 0.3) is 0 Å². The van der Waals surface area contributed by atoms with Gasteiger partial charge in [-0.15, -0.1) is 0 Å². The van der Waals surface area contributed by atoms with Gasteiger partial charge in [-0.25, -0.2) is 4.39 Å². The smallest absolute Gasteiger partial charge is 0.238 e. The van der Waals surface area contributed by atoms with E-state index in [-0.39, 0.29) is 18.3 Å². The average molecular weight is 182 g/mol. The highest BCUT2D eigenvalue weighted by Crippen LogP contribution is 2.12. The molecule has 0 saturated carbocycles. The molecule has 0 radical (unpaired) electrons. The number of hydrogen-bond acceptors (Lipinski definition) is 2. The van der Waals surface area contributed by atoms with E-state index in [4.69, 9.17) is 5.73 Å². The summed E-state index contributed by atoms with van der Waals surface area (Å²) < 4.78 is 13.0. The highest BCUT2D eigenvalue weighted by atomic mass is 19.1. The monoisotopic (exact) mass is 182 g/mol. The Hall–Kier alpha value is -1.42. The zero-order valence-electron chi connectivity index (χ0n) is 7.30. The minimum Gasteiger partial charge on any atom is -0.325 e. The van der Waals surface area contributed by atoms with Crippen LogP contribution in [-0.4, -0.2) is 12.5 Å². The van der Waals surface area contributed by atoms with Crippen LogP contribution in [0.15, 0.2) is 18.2 Å². The van der Waals surface area contributed by atoms with E-state index >= 15 is 0 Å². The molecule has 0 unspecified atom stereocenters. The average Bonchev–Trinajstić information content (AvgIpc) is 2.11. The topological polar surface area (TPSA) is 55.1 Å². The highest BCUT2D eigenvalue weighted by Gasteiger charge is 2.01. The Morgan fingerprint density at radius 3 is 2.85 bits per heavy atom.